The second kappa shape index (κ2) is 3.81. The van der Waals surface area contributed by atoms with Crippen LogP contribution >= 0.6 is 0 Å². The molecular weight excluding hydrogens is 190 g/mol. The van der Waals surface area contributed by atoms with Crippen molar-refractivity contribution >= 4 is 6.22 Å². The summed E-state index contributed by atoms with van der Waals surface area (Å²) >= 11 is 0. The Bertz CT molecular complexity index is 239. The van der Waals surface area contributed by atoms with Gasteiger partial charge in [0.1, 0.15) is 6.61 Å². The molecule has 14 heavy (non-hydrogen) atoms. The third kappa shape index (κ3) is 2.03. The van der Waals surface area contributed by atoms with Crippen molar-refractivity contribution in [2.24, 2.45) is 10.6 Å². The minimum atomic E-state index is -1.99. The zero-order valence-corrected chi connectivity index (χ0v) is 8.01. The van der Waals surface area contributed by atoms with Gasteiger partial charge in [-0.3, -0.25) is 0 Å². The zero-order valence-electron chi connectivity index (χ0n) is 8.01. The lowest BCUT2D eigenvalue weighted by atomic mass is 9.82. The summed E-state index contributed by atoms with van der Waals surface area (Å²) in [5, 5.41) is 2.69. The van der Waals surface area contributed by atoms with E-state index in [2.05, 4.69) is 14.9 Å². The van der Waals surface area contributed by atoms with Gasteiger partial charge in [-0.1, -0.05) is 0 Å². The maximum Gasteiger partial charge on any atom is 0.397 e. The van der Waals surface area contributed by atoms with Gasteiger partial charge in [-0.25, -0.2) is 0 Å². The van der Waals surface area contributed by atoms with Gasteiger partial charge in [-0.05, 0) is 37.5 Å². The van der Waals surface area contributed by atoms with Crippen LogP contribution in [0.1, 0.15) is 19.3 Å². The fraction of sp³-hybridized carbons (Fsp3) is 0.889. The molecule has 80 valence electrons. The molecule has 2 atom stereocenters. The molecule has 3 nitrogen and oxygen atoms in total. The number of fused-ring (bicyclic) bond motifs is 2. The van der Waals surface area contributed by atoms with Crippen molar-refractivity contribution in [3.8, 4) is 0 Å². The second-order valence-electron chi connectivity index (χ2n) is 4.23. The number of halogens is 2. The average Bonchev–Trinajstić information content (AvgIpc) is 2.42. The van der Waals surface area contributed by atoms with Crippen LogP contribution in [0.3, 0.4) is 0 Å². The minimum Gasteiger partial charge on any atom is -0.391 e. The Morgan fingerprint density at radius 1 is 1.36 bits per heavy atom. The Morgan fingerprint density at radius 3 is 3.00 bits per heavy atom. The summed E-state index contributed by atoms with van der Waals surface area (Å²) in [6, 6.07) is 0. The van der Waals surface area contributed by atoms with Gasteiger partial charge in [0.25, 0.3) is 0 Å². The molecule has 0 radical (unpaired) electrons. The summed E-state index contributed by atoms with van der Waals surface area (Å²) in [5.41, 5.74) is 0.0944. The Kier molecular flexibility index (Phi) is 2.67. The number of nitrogens with zero attached hydrogens (tertiary/aromatic N) is 2. The van der Waals surface area contributed by atoms with Crippen molar-refractivity contribution in [3.63, 3.8) is 0 Å². The van der Waals surface area contributed by atoms with Gasteiger partial charge in [-0.15, -0.1) is 8.78 Å². The van der Waals surface area contributed by atoms with E-state index in [0.29, 0.717) is 6.61 Å². The second-order valence-corrected chi connectivity index (χ2v) is 4.23. The van der Waals surface area contributed by atoms with E-state index >= 15 is 0 Å². The quantitative estimate of drug-likeness (QED) is 0.516. The van der Waals surface area contributed by atoms with Gasteiger partial charge in [0, 0.05) is 12.0 Å². The minimum absolute atomic E-state index is 0.0944. The summed E-state index contributed by atoms with van der Waals surface area (Å²) in [7, 11) is 0. The molecule has 2 heterocycles. The molecule has 2 saturated heterocycles. The van der Waals surface area contributed by atoms with Crippen LogP contribution in [0.15, 0.2) is 5.16 Å². The predicted molar refractivity (Wildman–Crippen MR) is 48.3 cm³/mol. The summed E-state index contributed by atoms with van der Waals surface area (Å²) in [6.45, 7) is 3.53. The van der Waals surface area contributed by atoms with Crippen LogP contribution in [0.4, 0.5) is 8.78 Å². The van der Waals surface area contributed by atoms with Crippen LogP contribution in [-0.4, -0.2) is 37.4 Å². The average molecular weight is 204 g/mol. The van der Waals surface area contributed by atoms with Crippen LogP contribution in [-0.2, 0) is 4.84 Å². The van der Waals surface area contributed by atoms with Crippen molar-refractivity contribution in [2.45, 2.75) is 19.3 Å². The van der Waals surface area contributed by atoms with Crippen molar-refractivity contribution in [3.05, 3.63) is 0 Å². The van der Waals surface area contributed by atoms with E-state index in [1.165, 1.54) is 0 Å². The third-order valence-electron chi connectivity index (χ3n) is 3.20. The molecule has 2 unspecified atom stereocenters. The third-order valence-corrected chi connectivity index (χ3v) is 3.20. The molecule has 0 saturated carbocycles. The molecule has 2 bridgehead atoms. The number of oxime groups is 1. The number of rotatable bonds is 3. The molecule has 2 fully saturated rings. The first-order valence-corrected chi connectivity index (χ1v) is 4.94. The largest absolute Gasteiger partial charge is 0.397 e. The summed E-state index contributed by atoms with van der Waals surface area (Å²) in [4.78, 5) is 7.03. The molecule has 5 heteroatoms. The van der Waals surface area contributed by atoms with Crippen molar-refractivity contribution in [1.82, 2.24) is 4.90 Å². The van der Waals surface area contributed by atoms with Gasteiger partial charge in [0.2, 0.25) is 0 Å². The molecule has 0 N–H and O–H groups in total. The summed E-state index contributed by atoms with van der Waals surface area (Å²) in [6.07, 6.45) is 1.28. The van der Waals surface area contributed by atoms with Gasteiger partial charge < -0.3 is 9.74 Å². The number of hydrogen-bond acceptors (Lipinski definition) is 3. The molecule has 2 aliphatic heterocycles. The maximum absolute atomic E-state index is 11.6. The molecule has 2 rings (SSSR count). The highest BCUT2D eigenvalue weighted by molar-refractivity contribution is 5.62. The Morgan fingerprint density at radius 2 is 2.21 bits per heavy atom. The highest BCUT2D eigenvalue weighted by Gasteiger charge is 2.41. The maximum atomic E-state index is 11.6. The highest BCUT2D eigenvalue weighted by atomic mass is 19.3. The van der Waals surface area contributed by atoms with Crippen LogP contribution in [0.25, 0.3) is 0 Å². The monoisotopic (exact) mass is 204 g/mol. The standard InChI is InChI=1S/C9H14F2N2O/c10-8(11)12-14-7-9-2-1-4-13(6-9)5-3-9/h1-7H2. The van der Waals surface area contributed by atoms with E-state index in [9.17, 15) is 8.78 Å². The van der Waals surface area contributed by atoms with E-state index in [4.69, 9.17) is 0 Å². The topological polar surface area (TPSA) is 24.8 Å². The zero-order chi connectivity index (χ0) is 10.0. The lowest BCUT2D eigenvalue weighted by molar-refractivity contribution is 0.0300. The van der Waals surface area contributed by atoms with Crippen molar-refractivity contribution in [2.75, 3.05) is 26.2 Å². The van der Waals surface area contributed by atoms with Gasteiger partial charge in [0.05, 0.1) is 0 Å². The van der Waals surface area contributed by atoms with Crippen molar-refractivity contribution in [1.29, 1.82) is 0 Å². The first kappa shape index (κ1) is 9.83. The lowest BCUT2D eigenvalue weighted by Gasteiger charge is -2.32. The van der Waals surface area contributed by atoms with Gasteiger partial charge in [0.15, 0.2) is 0 Å². The van der Waals surface area contributed by atoms with Crippen LogP contribution < -0.4 is 0 Å². The SMILES string of the molecule is FC(F)=NOCC12CCCN(CC1)C2. The Hall–Kier alpha value is -0.710. The van der Waals surface area contributed by atoms with Gasteiger partial charge in [-0.2, -0.15) is 0 Å². The molecule has 0 aromatic heterocycles. The van der Waals surface area contributed by atoms with E-state index in [1.807, 2.05) is 0 Å². The predicted octanol–water partition coefficient (Wildman–Crippen LogP) is 1.70. The smallest absolute Gasteiger partial charge is 0.391 e. The van der Waals surface area contributed by atoms with Gasteiger partial charge >= 0.3 is 6.22 Å². The molecule has 2 aliphatic rings. The van der Waals surface area contributed by atoms with E-state index in [-0.39, 0.29) is 5.41 Å². The van der Waals surface area contributed by atoms with Crippen LogP contribution in [0, 0.1) is 5.41 Å². The molecule has 0 aromatic rings. The van der Waals surface area contributed by atoms with Crippen LogP contribution in [0.5, 0.6) is 0 Å². The van der Waals surface area contributed by atoms with Crippen molar-refractivity contribution < 1.29 is 13.6 Å². The summed E-state index contributed by atoms with van der Waals surface area (Å²) in [5.74, 6) is 0. The molecule has 0 amide bonds. The molecule has 0 aliphatic carbocycles. The van der Waals surface area contributed by atoms with E-state index in [0.717, 1.165) is 38.9 Å². The molecule has 0 aromatic carbocycles. The fourth-order valence-corrected chi connectivity index (χ4v) is 2.51. The normalized spacial score (nSPS) is 35.4. The molecule has 0 spiro atoms. The summed E-state index contributed by atoms with van der Waals surface area (Å²) < 4.78 is 23.3. The fourth-order valence-electron chi connectivity index (χ4n) is 2.51. The number of hydrogen-bond donors (Lipinski definition) is 0. The van der Waals surface area contributed by atoms with Crippen LogP contribution in [0.2, 0.25) is 0 Å². The van der Waals surface area contributed by atoms with E-state index < -0.39 is 6.22 Å². The number of piperidine rings is 1. The molecular formula is C9H14F2N2O. The lowest BCUT2D eigenvalue weighted by Crippen LogP contribution is -2.36. The Balaban J connectivity index is 1.87. The Labute approximate surface area is 81.7 Å². The first-order valence-electron chi connectivity index (χ1n) is 4.94. The first-order chi connectivity index (χ1) is 6.70. The van der Waals surface area contributed by atoms with E-state index in [1.54, 1.807) is 0 Å². The highest BCUT2D eigenvalue weighted by Crippen LogP contribution is 2.39.